The van der Waals surface area contributed by atoms with Crippen LogP contribution in [0, 0.1) is 11.6 Å². The predicted molar refractivity (Wildman–Crippen MR) is 120 cm³/mol. The monoisotopic (exact) mass is 473 g/mol. The Morgan fingerprint density at radius 3 is 2.39 bits per heavy atom. The summed E-state index contributed by atoms with van der Waals surface area (Å²) in [6, 6.07) is 8.20. The number of hydrogen-bond donors (Lipinski definition) is 1. The number of likely N-dealkylation sites (tertiary alicyclic amines) is 1. The molecule has 1 atom stereocenters. The van der Waals surface area contributed by atoms with Crippen molar-refractivity contribution < 1.29 is 23.5 Å². The van der Waals surface area contributed by atoms with Gasteiger partial charge in [-0.2, -0.15) is 0 Å². The third-order valence-electron chi connectivity index (χ3n) is 6.86. The minimum absolute atomic E-state index is 0.0376. The highest BCUT2D eigenvalue weighted by molar-refractivity contribution is 6.30. The second-order valence-electron chi connectivity index (χ2n) is 8.85. The van der Waals surface area contributed by atoms with E-state index in [1.54, 1.807) is 29.2 Å². The maximum Gasteiger partial charge on any atom is 0.341 e. The average Bonchev–Trinajstić information content (AvgIpc) is 3.39. The van der Waals surface area contributed by atoms with Crippen LogP contribution in [0.25, 0.3) is 0 Å². The van der Waals surface area contributed by atoms with Gasteiger partial charge in [0.15, 0.2) is 0 Å². The molecule has 9 heteroatoms. The van der Waals surface area contributed by atoms with Crippen LogP contribution in [-0.4, -0.2) is 58.8 Å². The van der Waals surface area contributed by atoms with Crippen LogP contribution in [0.5, 0.6) is 0 Å². The van der Waals surface area contributed by atoms with Crippen LogP contribution in [-0.2, 0) is 4.79 Å². The topological polar surface area (TPSA) is 73.2 Å². The van der Waals surface area contributed by atoms with Gasteiger partial charge in [-0.05, 0) is 49.4 Å². The van der Waals surface area contributed by atoms with E-state index < -0.39 is 34.6 Å². The fourth-order valence-electron chi connectivity index (χ4n) is 5.03. The minimum atomic E-state index is -2.23. The van der Waals surface area contributed by atoms with E-state index in [4.69, 9.17) is 11.6 Å². The first-order valence-corrected chi connectivity index (χ1v) is 11.3. The largest absolute Gasteiger partial charge is 0.479 e. The van der Waals surface area contributed by atoms with Gasteiger partial charge in [0.25, 0.3) is 0 Å². The number of carbonyl (C=O) groups excluding carboxylic acids is 1. The summed E-state index contributed by atoms with van der Waals surface area (Å²) in [4.78, 5) is 34.2. The van der Waals surface area contributed by atoms with Gasteiger partial charge in [-0.15, -0.1) is 0 Å². The number of ketones is 1. The van der Waals surface area contributed by atoms with Crippen molar-refractivity contribution in [3.63, 3.8) is 0 Å². The molecule has 5 rings (SSSR count). The molecular formula is C24H22ClF2N3O3. The maximum atomic E-state index is 15.1. The molecule has 2 aromatic rings. The second-order valence-corrected chi connectivity index (χ2v) is 9.29. The summed E-state index contributed by atoms with van der Waals surface area (Å²) in [6.45, 7) is 1.27. The average molecular weight is 474 g/mol. The van der Waals surface area contributed by atoms with E-state index in [-0.39, 0.29) is 17.8 Å². The Morgan fingerprint density at radius 1 is 1.12 bits per heavy atom. The predicted octanol–water partition coefficient (Wildman–Crippen LogP) is 4.15. The Labute approximate surface area is 194 Å². The quantitative estimate of drug-likeness (QED) is 0.521. The normalized spacial score (nSPS) is 24.3. The lowest BCUT2D eigenvalue weighted by Gasteiger charge is -2.46. The molecule has 2 fully saturated rings. The molecule has 0 aromatic heterocycles. The Balaban J connectivity index is 1.65. The van der Waals surface area contributed by atoms with E-state index in [2.05, 4.69) is 9.89 Å². The van der Waals surface area contributed by atoms with Crippen molar-refractivity contribution in [2.45, 2.75) is 36.9 Å². The number of nitrogens with zero attached hydrogens (tertiary/aromatic N) is 3. The fraction of sp³-hybridized carbons (Fsp3) is 0.375. The Kier molecular flexibility index (Phi) is 5.25. The van der Waals surface area contributed by atoms with Crippen molar-refractivity contribution in [2.24, 2.45) is 4.99 Å². The number of aliphatic carboxylic acids is 1. The molecule has 0 bridgehead atoms. The number of carbonyl (C=O) groups is 2. The van der Waals surface area contributed by atoms with Crippen LogP contribution in [0.4, 0.5) is 14.5 Å². The van der Waals surface area contributed by atoms with Gasteiger partial charge in [-0.3, -0.25) is 14.7 Å². The molecule has 172 valence electrons. The molecule has 1 N–H and O–H groups in total. The van der Waals surface area contributed by atoms with Crippen LogP contribution in [0.1, 0.15) is 41.6 Å². The Morgan fingerprint density at radius 2 is 1.79 bits per heavy atom. The van der Waals surface area contributed by atoms with Gasteiger partial charge in [-0.25, -0.2) is 13.6 Å². The standard InChI is InChI=1S/C24H22ClF2N3O3/c25-16-5-3-15(4-6-16)13-28-24(22(32)33)14-30(23(7-8-23)29-9-1-2-10-29)20-18(21(24)31)11-17(26)12-19(20)27/h3-6,11-13H,1-2,7-10,14H2,(H,32,33)/b28-13+. The van der Waals surface area contributed by atoms with Crippen LogP contribution < -0.4 is 4.90 Å². The molecule has 3 aliphatic rings. The number of aliphatic imine (C=N–C) groups is 1. The number of benzene rings is 2. The number of fused-ring (bicyclic) bond motifs is 1. The SMILES string of the molecule is O=C(O)C1(/N=C/c2ccc(Cl)cc2)CN(C2(N3CCCC3)CC2)c2c(F)cc(F)cc2C1=O. The van der Waals surface area contributed by atoms with E-state index >= 15 is 4.39 Å². The first-order valence-electron chi connectivity index (χ1n) is 10.9. The number of hydrogen-bond acceptors (Lipinski definition) is 5. The molecule has 2 aliphatic heterocycles. The first kappa shape index (κ1) is 22.0. The van der Waals surface area contributed by atoms with Crippen molar-refractivity contribution in [1.82, 2.24) is 4.90 Å². The van der Waals surface area contributed by atoms with Crippen molar-refractivity contribution in [3.8, 4) is 0 Å². The van der Waals surface area contributed by atoms with Gasteiger partial charge in [-0.1, -0.05) is 23.7 Å². The minimum Gasteiger partial charge on any atom is -0.479 e. The molecule has 0 spiro atoms. The van der Waals surface area contributed by atoms with Crippen LogP contribution in [0.2, 0.25) is 5.02 Å². The summed E-state index contributed by atoms with van der Waals surface area (Å²) in [5.41, 5.74) is -2.61. The van der Waals surface area contributed by atoms with E-state index in [9.17, 15) is 19.1 Å². The summed E-state index contributed by atoms with van der Waals surface area (Å²) < 4.78 is 29.3. The van der Waals surface area contributed by atoms with Crippen molar-refractivity contribution in [3.05, 3.63) is 64.2 Å². The van der Waals surface area contributed by atoms with Gasteiger partial charge in [0.05, 0.1) is 23.5 Å². The molecule has 1 saturated heterocycles. The number of Topliss-reactive ketones (excluding diaryl/α,β-unsaturated/α-hetero) is 1. The lowest BCUT2D eigenvalue weighted by atomic mass is 9.83. The van der Waals surface area contributed by atoms with Gasteiger partial charge >= 0.3 is 5.97 Å². The Hall–Kier alpha value is -2.84. The molecule has 2 aromatic carbocycles. The third-order valence-corrected chi connectivity index (χ3v) is 7.11. The van der Waals surface area contributed by atoms with Gasteiger partial charge in [0.1, 0.15) is 11.6 Å². The highest BCUT2D eigenvalue weighted by Gasteiger charge is 2.61. The van der Waals surface area contributed by atoms with E-state index in [0.717, 1.165) is 38.1 Å². The number of rotatable bonds is 5. The highest BCUT2D eigenvalue weighted by atomic mass is 35.5. The van der Waals surface area contributed by atoms with Gasteiger partial charge in [0, 0.05) is 30.4 Å². The third kappa shape index (κ3) is 3.52. The molecule has 1 saturated carbocycles. The van der Waals surface area contributed by atoms with Gasteiger partial charge in [0.2, 0.25) is 11.3 Å². The molecule has 6 nitrogen and oxygen atoms in total. The van der Waals surface area contributed by atoms with Crippen molar-refractivity contribution in [2.75, 3.05) is 24.5 Å². The molecule has 0 amide bonds. The molecule has 1 unspecified atom stereocenters. The number of halogens is 3. The van der Waals surface area contributed by atoms with Gasteiger partial charge < -0.3 is 10.0 Å². The summed E-state index contributed by atoms with van der Waals surface area (Å²) >= 11 is 5.91. The number of carboxylic acids is 1. The molecule has 1 aliphatic carbocycles. The summed E-state index contributed by atoms with van der Waals surface area (Å²) in [5.74, 6) is -4.20. The number of anilines is 1. The lowest BCUT2D eigenvalue weighted by Crippen LogP contribution is -2.63. The fourth-order valence-corrected chi connectivity index (χ4v) is 5.15. The van der Waals surface area contributed by atoms with Crippen LogP contribution >= 0.6 is 11.6 Å². The van der Waals surface area contributed by atoms with Crippen LogP contribution in [0.15, 0.2) is 41.4 Å². The van der Waals surface area contributed by atoms with Crippen LogP contribution in [0.3, 0.4) is 0 Å². The smallest absolute Gasteiger partial charge is 0.341 e. The zero-order chi connectivity index (χ0) is 23.4. The first-order chi connectivity index (χ1) is 15.8. The van der Waals surface area contributed by atoms with E-state index in [1.165, 1.54) is 6.21 Å². The zero-order valence-electron chi connectivity index (χ0n) is 17.7. The summed E-state index contributed by atoms with van der Waals surface area (Å²) in [5, 5.41) is 10.7. The molecular weight excluding hydrogens is 452 g/mol. The van der Waals surface area contributed by atoms with E-state index in [1.807, 2.05) is 0 Å². The molecule has 33 heavy (non-hydrogen) atoms. The zero-order valence-corrected chi connectivity index (χ0v) is 18.5. The molecule has 2 heterocycles. The van der Waals surface area contributed by atoms with Crippen molar-refractivity contribution >= 4 is 35.3 Å². The molecule has 0 radical (unpaired) electrons. The summed E-state index contributed by atoms with van der Waals surface area (Å²) in [7, 11) is 0. The second kappa shape index (κ2) is 7.88. The van der Waals surface area contributed by atoms with Crippen molar-refractivity contribution in [1.29, 1.82) is 0 Å². The summed E-state index contributed by atoms with van der Waals surface area (Å²) in [6.07, 6.45) is 4.69. The highest BCUT2D eigenvalue weighted by Crippen LogP contribution is 2.52. The Bertz CT molecular complexity index is 1160. The maximum absolute atomic E-state index is 15.1. The van der Waals surface area contributed by atoms with E-state index in [0.29, 0.717) is 23.4 Å². The number of carboxylic acid groups (broad SMARTS) is 1. The lowest BCUT2D eigenvalue weighted by molar-refractivity contribution is -0.141.